The van der Waals surface area contributed by atoms with Crippen LogP contribution < -0.4 is 0 Å². The van der Waals surface area contributed by atoms with Crippen LogP contribution in [0, 0.1) is 5.82 Å². The lowest BCUT2D eigenvalue weighted by atomic mass is 9.82. The van der Waals surface area contributed by atoms with Gasteiger partial charge in [-0.3, -0.25) is 4.79 Å². The van der Waals surface area contributed by atoms with Gasteiger partial charge < -0.3 is 0 Å². The number of hydrogen-bond donors (Lipinski definition) is 0. The zero-order valence-electron chi connectivity index (χ0n) is 8.13. The Kier molecular flexibility index (Phi) is 2.46. The van der Waals surface area contributed by atoms with Crippen molar-refractivity contribution < 1.29 is 9.18 Å². The van der Waals surface area contributed by atoms with Crippen LogP contribution in [0.3, 0.4) is 0 Å². The number of carbonyl (C=O) groups is 1. The summed E-state index contributed by atoms with van der Waals surface area (Å²) in [5.41, 5.74) is -0.100. The Balaban J connectivity index is 2.50. The van der Waals surface area contributed by atoms with Crippen LogP contribution in [0.1, 0.15) is 18.9 Å². The van der Waals surface area contributed by atoms with Gasteiger partial charge in [0, 0.05) is 28.1 Å². The molecule has 1 aromatic carbocycles. The Hall–Kier alpha value is -1.03. The van der Waals surface area contributed by atoms with Gasteiger partial charge in [0.2, 0.25) is 5.91 Å². The molecule has 0 bridgehead atoms. The van der Waals surface area contributed by atoms with Gasteiger partial charge in [-0.2, -0.15) is 0 Å². The molecule has 78 valence electrons. The Morgan fingerprint density at radius 2 is 2.27 bits per heavy atom. The summed E-state index contributed by atoms with van der Waals surface area (Å²) in [5, 5.41) is 0. The molecular formula is C11H9BrFNO. The van der Waals surface area contributed by atoms with E-state index in [4.69, 9.17) is 0 Å². The van der Waals surface area contributed by atoms with Crippen molar-refractivity contribution in [3.05, 3.63) is 34.1 Å². The summed E-state index contributed by atoms with van der Waals surface area (Å²) >= 11 is 3.29. The van der Waals surface area contributed by atoms with E-state index in [1.54, 1.807) is 12.1 Å². The summed E-state index contributed by atoms with van der Waals surface area (Å²) < 4.78 is 14.4. The van der Waals surface area contributed by atoms with Gasteiger partial charge in [0.15, 0.2) is 0 Å². The van der Waals surface area contributed by atoms with E-state index in [1.165, 1.54) is 12.3 Å². The molecule has 0 saturated carbocycles. The van der Waals surface area contributed by atoms with Crippen molar-refractivity contribution in [1.29, 1.82) is 0 Å². The fourth-order valence-corrected chi connectivity index (χ4v) is 2.08. The molecule has 4 heteroatoms. The maximum Gasteiger partial charge on any atom is 0.246 e. The molecule has 2 rings (SSSR count). The van der Waals surface area contributed by atoms with Crippen LogP contribution in [0.4, 0.5) is 4.39 Å². The second-order valence-corrected chi connectivity index (χ2v) is 4.79. The fraction of sp³-hybridized carbons (Fsp3) is 0.273. The van der Waals surface area contributed by atoms with Crippen LogP contribution in [0.5, 0.6) is 0 Å². The molecule has 1 aliphatic heterocycles. The quantitative estimate of drug-likeness (QED) is 0.771. The third kappa shape index (κ3) is 1.86. The standard InChI is InChI=1S/C11H9BrFNO/c1-11(5-10(15)14-6-11)8-4-7(12)2-3-9(8)13/h2-4,6H,5H2,1H3. The van der Waals surface area contributed by atoms with Crippen LogP contribution in [-0.2, 0) is 10.2 Å². The van der Waals surface area contributed by atoms with E-state index in [-0.39, 0.29) is 18.1 Å². The second kappa shape index (κ2) is 3.52. The molecule has 0 spiro atoms. The highest BCUT2D eigenvalue weighted by molar-refractivity contribution is 9.10. The number of amides is 1. The van der Waals surface area contributed by atoms with Crippen molar-refractivity contribution in [3.63, 3.8) is 0 Å². The van der Waals surface area contributed by atoms with E-state index < -0.39 is 5.41 Å². The minimum atomic E-state index is -0.606. The summed E-state index contributed by atoms with van der Waals surface area (Å²) in [6, 6.07) is 4.72. The molecule has 15 heavy (non-hydrogen) atoms. The molecule has 1 aromatic rings. The first kappa shape index (κ1) is 10.5. The van der Waals surface area contributed by atoms with Crippen LogP contribution in [-0.4, -0.2) is 12.1 Å². The molecule has 1 amide bonds. The predicted molar refractivity (Wildman–Crippen MR) is 59.6 cm³/mol. The van der Waals surface area contributed by atoms with Crippen LogP contribution in [0.15, 0.2) is 27.7 Å². The molecule has 0 fully saturated rings. The Bertz CT molecular complexity index is 458. The van der Waals surface area contributed by atoms with Crippen molar-refractivity contribution >= 4 is 28.1 Å². The molecule has 0 N–H and O–H groups in total. The van der Waals surface area contributed by atoms with Crippen molar-refractivity contribution in [3.8, 4) is 0 Å². The highest BCUT2D eigenvalue weighted by Gasteiger charge is 2.34. The lowest BCUT2D eigenvalue weighted by molar-refractivity contribution is -0.117. The van der Waals surface area contributed by atoms with Gasteiger partial charge in [-0.15, -0.1) is 0 Å². The van der Waals surface area contributed by atoms with E-state index in [2.05, 4.69) is 20.9 Å². The van der Waals surface area contributed by atoms with E-state index in [1.807, 2.05) is 6.92 Å². The van der Waals surface area contributed by atoms with Crippen molar-refractivity contribution in [2.45, 2.75) is 18.8 Å². The molecule has 0 aliphatic carbocycles. The number of rotatable bonds is 1. The van der Waals surface area contributed by atoms with Gasteiger partial charge >= 0.3 is 0 Å². The van der Waals surface area contributed by atoms with Crippen LogP contribution in [0.25, 0.3) is 0 Å². The summed E-state index contributed by atoms with van der Waals surface area (Å²) in [6.07, 6.45) is 1.76. The SMILES string of the molecule is CC1(c2cc(Br)ccc2F)C=NC(=O)C1. The molecule has 0 radical (unpaired) electrons. The van der Waals surface area contributed by atoms with Gasteiger partial charge in [-0.05, 0) is 25.1 Å². The monoisotopic (exact) mass is 269 g/mol. The first-order valence-electron chi connectivity index (χ1n) is 4.55. The van der Waals surface area contributed by atoms with Crippen LogP contribution in [0.2, 0.25) is 0 Å². The number of halogens is 2. The first-order valence-corrected chi connectivity index (χ1v) is 5.34. The zero-order chi connectivity index (χ0) is 11.1. The Morgan fingerprint density at radius 1 is 1.53 bits per heavy atom. The second-order valence-electron chi connectivity index (χ2n) is 3.87. The van der Waals surface area contributed by atoms with E-state index in [0.717, 1.165) is 4.47 Å². The average Bonchev–Trinajstić information content (AvgIpc) is 2.52. The molecule has 0 saturated heterocycles. The lowest BCUT2D eigenvalue weighted by Gasteiger charge is -2.20. The Morgan fingerprint density at radius 3 is 2.87 bits per heavy atom. The first-order chi connectivity index (χ1) is 7.01. The number of nitrogens with zero attached hydrogens (tertiary/aromatic N) is 1. The maximum atomic E-state index is 13.6. The normalized spacial score (nSPS) is 24.9. The minimum Gasteiger partial charge on any atom is -0.273 e. The fourth-order valence-electron chi connectivity index (χ4n) is 1.72. The van der Waals surface area contributed by atoms with Gasteiger partial charge in [0.1, 0.15) is 5.82 Å². The molecular weight excluding hydrogens is 261 g/mol. The number of aliphatic imine (C=N–C) groups is 1. The van der Waals surface area contributed by atoms with Gasteiger partial charge in [-0.1, -0.05) is 15.9 Å². The summed E-state index contributed by atoms with van der Waals surface area (Å²) in [4.78, 5) is 14.8. The topological polar surface area (TPSA) is 29.4 Å². The summed E-state index contributed by atoms with van der Waals surface area (Å²) in [5.74, 6) is -0.501. The molecule has 1 heterocycles. The molecule has 0 aromatic heterocycles. The zero-order valence-corrected chi connectivity index (χ0v) is 9.71. The predicted octanol–water partition coefficient (Wildman–Crippen LogP) is 2.85. The molecule has 1 aliphatic rings. The van der Waals surface area contributed by atoms with Crippen molar-refractivity contribution in [1.82, 2.24) is 0 Å². The number of hydrogen-bond acceptors (Lipinski definition) is 1. The minimum absolute atomic E-state index is 0.197. The van der Waals surface area contributed by atoms with Gasteiger partial charge in [0.05, 0.1) is 0 Å². The Labute approximate surface area is 95.3 Å². The third-order valence-electron chi connectivity index (χ3n) is 2.56. The number of benzene rings is 1. The largest absolute Gasteiger partial charge is 0.273 e. The lowest BCUT2D eigenvalue weighted by Crippen LogP contribution is -2.23. The van der Waals surface area contributed by atoms with E-state index >= 15 is 0 Å². The number of carbonyl (C=O) groups excluding carboxylic acids is 1. The van der Waals surface area contributed by atoms with Crippen molar-refractivity contribution in [2.24, 2.45) is 4.99 Å². The molecule has 1 atom stereocenters. The van der Waals surface area contributed by atoms with Gasteiger partial charge in [-0.25, -0.2) is 9.38 Å². The summed E-state index contributed by atoms with van der Waals surface area (Å²) in [7, 11) is 0. The van der Waals surface area contributed by atoms with E-state index in [9.17, 15) is 9.18 Å². The highest BCUT2D eigenvalue weighted by atomic mass is 79.9. The smallest absolute Gasteiger partial charge is 0.246 e. The highest BCUT2D eigenvalue weighted by Crippen LogP contribution is 2.33. The maximum absolute atomic E-state index is 13.6. The molecule has 2 nitrogen and oxygen atoms in total. The van der Waals surface area contributed by atoms with Gasteiger partial charge in [0.25, 0.3) is 0 Å². The van der Waals surface area contributed by atoms with E-state index in [0.29, 0.717) is 5.56 Å². The van der Waals surface area contributed by atoms with Crippen LogP contribution >= 0.6 is 15.9 Å². The third-order valence-corrected chi connectivity index (χ3v) is 3.05. The molecule has 1 unspecified atom stereocenters. The summed E-state index contributed by atoms with van der Waals surface area (Å²) in [6.45, 7) is 1.81. The van der Waals surface area contributed by atoms with Crippen molar-refractivity contribution in [2.75, 3.05) is 0 Å². The average molecular weight is 270 g/mol.